The Labute approximate surface area is 75.0 Å². The van der Waals surface area contributed by atoms with Crippen LogP contribution in [0.5, 0.6) is 0 Å². The second-order valence-electron chi connectivity index (χ2n) is 2.79. The Morgan fingerprint density at radius 1 is 1.62 bits per heavy atom. The van der Waals surface area contributed by atoms with Gasteiger partial charge in [0.05, 0.1) is 5.56 Å². The summed E-state index contributed by atoms with van der Waals surface area (Å²) in [6.45, 7) is 1.71. The molecule has 4 heteroatoms. The molecular weight excluding hydrogens is 173 g/mol. The lowest BCUT2D eigenvalue weighted by molar-refractivity contribution is 0.0691. The predicted molar refractivity (Wildman–Crippen MR) is 46.0 cm³/mol. The van der Waals surface area contributed by atoms with Crippen LogP contribution in [0.3, 0.4) is 0 Å². The van der Waals surface area contributed by atoms with Gasteiger partial charge in [-0.25, -0.2) is 9.18 Å². The van der Waals surface area contributed by atoms with Crippen LogP contribution in [-0.2, 0) is 6.54 Å². The van der Waals surface area contributed by atoms with Crippen molar-refractivity contribution in [2.45, 2.75) is 13.5 Å². The molecule has 0 heterocycles. The van der Waals surface area contributed by atoms with E-state index in [9.17, 15) is 9.18 Å². The average Bonchev–Trinajstić information content (AvgIpc) is 2.08. The van der Waals surface area contributed by atoms with Crippen molar-refractivity contribution in [2.75, 3.05) is 0 Å². The van der Waals surface area contributed by atoms with Crippen LogP contribution in [0.1, 0.15) is 21.5 Å². The van der Waals surface area contributed by atoms with Gasteiger partial charge < -0.3 is 10.8 Å². The summed E-state index contributed by atoms with van der Waals surface area (Å²) in [5, 5.41) is 8.63. The molecule has 0 aliphatic rings. The average molecular weight is 183 g/mol. The summed E-state index contributed by atoms with van der Waals surface area (Å²) >= 11 is 0. The molecule has 70 valence electrons. The van der Waals surface area contributed by atoms with E-state index in [1.54, 1.807) is 13.0 Å². The number of halogens is 1. The molecule has 1 rings (SSSR count). The van der Waals surface area contributed by atoms with Crippen molar-refractivity contribution in [3.05, 3.63) is 34.6 Å². The van der Waals surface area contributed by atoms with Gasteiger partial charge in [-0.2, -0.15) is 0 Å². The number of carboxylic acids is 1. The first-order valence-corrected chi connectivity index (χ1v) is 3.78. The molecule has 13 heavy (non-hydrogen) atoms. The van der Waals surface area contributed by atoms with Crippen LogP contribution in [0.15, 0.2) is 12.1 Å². The molecule has 0 saturated heterocycles. The normalized spacial score (nSPS) is 10.1. The molecule has 0 radical (unpaired) electrons. The fraction of sp³-hybridized carbons (Fsp3) is 0.222. The number of aryl methyl sites for hydroxylation is 1. The van der Waals surface area contributed by atoms with Crippen molar-refractivity contribution in [1.29, 1.82) is 0 Å². The van der Waals surface area contributed by atoms with Crippen molar-refractivity contribution >= 4 is 5.97 Å². The van der Waals surface area contributed by atoms with Gasteiger partial charge in [-0.1, -0.05) is 6.07 Å². The molecule has 0 fully saturated rings. The third-order valence-electron chi connectivity index (χ3n) is 1.74. The minimum absolute atomic E-state index is 0.00773. The quantitative estimate of drug-likeness (QED) is 0.726. The minimum Gasteiger partial charge on any atom is -0.478 e. The lowest BCUT2D eigenvalue weighted by atomic mass is 10.1. The topological polar surface area (TPSA) is 63.3 Å². The number of nitrogens with two attached hydrogens (primary N) is 1. The summed E-state index contributed by atoms with van der Waals surface area (Å²) in [4.78, 5) is 10.6. The Morgan fingerprint density at radius 2 is 2.23 bits per heavy atom. The Kier molecular flexibility index (Phi) is 2.63. The molecule has 0 bridgehead atoms. The van der Waals surface area contributed by atoms with Gasteiger partial charge in [-0.15, -0.1) is 0 Å². The predicted octanol–water partition coefficient (Wildman–Crippen LogP) is 1.29. The lowest BCUT2D eigenvalue weighted by Crippen LogP contribution is -2.07. The fourth-order valence-electron chi connectivity index (χ4n) is 1.15. The van der Waals surface area contributed by atoms with Crippen LogP contribution >= 0.6 is 0 Å². The van der Waals surface area contributed by atoms with Crippen molar-refractivity contribution in [2.24, 2.45) is 5.73 Å². The van der Waals surface area contributed by atoms with Crippen LogP contribution in [0.4, 0.5) is 4.39 Å². The van der Waals surface area contributed by atoms with Crippen molar-refractivity contribution in [3.63, 3.8) is 0 Å². The van der Waals surface area contributed by atoms with Crippen molar-refractivity contribution < 1.29 is 14.3 Å². The number of hydrogen-bond donors (Lipinski definition) is 2. The number of carboxylic acid groups (broad SMARTS) is 1. The maximum Gasteiger partial charge on any atom is 0.338 e. The van der Waals surface area contributed by atoms with E-state index in [4.69, 9.17) is 10.8 Å². The van der Waals surface area contributed by atoms with Gasteiger partial charge in [-0.3, -0.25) is 0 Å². The zero-order chi connectivity index (χ0) is 10.0. The first-order valence-electron chi connectivity index (χ1n) is 3.78. The number of hydrogen-bond acceptors (Lipinski definition) is 2. The monoisotopic (exact) mass is 183 g/mol. The maximum atomic E-state index is 13.2. The molecule has 3 nitrogen and oxygen atoms in total. The largest absolute Gasteiger partial charge is 0.478 e. The standard InChI is InChI=1S/C9H10FNO2/c1-5-2-6(4-11)8(10)7(3-5)9(12)13/h2-3H,4,11H2,1H3,(H,12,13). The van der Waals surface area contributed by atoms with Gasteiger partial charge in [0, 0.05) is 12.1 Å². The summed E-state index contributed by atoms with van der Waals surface area (Å²) < 4.78 is 13.2. The summed E-state index contributed by atoms with van der Waals surface area (Å²) in [5.74, 6) is -2.00. The molecular formula is C9H10FNO2. The molecule has 0 aliphatic heterocycles. The number of rotatable bonds is 2. The Balaban J connectivity index is 3.35. The second-order valence-corrected chi connectivity index (χ2v) is 2.79. The van der Waals surface area contributed by atoms with Gasteiger partial charge in [0.2, 0.25) is 0 Å². The lowest BCUT2D eigenvalue weighted by Gasteiger charge is -2.04. The van der Waals surface area contributed by atoms with Crippen LogP contribution in [0.2, 0.25) is 0 Å². The van der Waals surface area contributed by atoms with E-state index in [0.717, 1.165) is 0 Å². The molecule has 3 N–H and O–H groups in total. The number of aromatic carboxylic acids is 1. The van der Waals surface area contributed by atoms with Gasteiger partial charge >= 0.3 is 5.97 Å². The van der Waals surface area contributed by atoms with E-state index in [1.165, 1.54) is 6.07 Å². The van der Waals surface area contributed by atoms with Crippen LogP contribution in [0.25, 0.3) is 0 Å². The van der Waals surface area contributed by atoms with Crippen molar-refractivity contribution in [1.82, 2.24) is 0 Å². The second kappa shape index (κ2) is 3.53. The highest BCUT2D eigenvalue weighted by Gasteiger charge is 2.13. The molecule has 0 saturated carbocycles. The van der Waals surface area contributed by atoms with Crippen molar-refractivity contribution in [3.8, 4) is 0 Å². The van der Waals surface area contributed by atoms with Gasteiger partial charge in [-0.05, 0) is 18.6 Å². The molecule has 0 aliphatic carbocycles. The summed E-state index contributed by atoms with van der Waals surface area (Å²) in [6.07, 6.45) is 0. The Bertz CT molecular complexity index is 350. The molecule has 1 aromatic rings. The Hall–Kier alpha value is -1.42. The molecule has 0 spiro atoms. The summed E-state index contributed by atoms with van der Waals surface area (Å²) in [7, 11) is 0. The van der Waals surface area contributed by atoms with E-state index in [1.807, 2.05) is 0 Å². The van der Waals surface area contributed by atoms with Crippen LogP contribution in [-0.4, -0.2) is 11.1 Å². The van der Waals surface area contributed by atoms with E-state index in [2.05, 4.69) is 0 Å². The molecule has 1 aromatic carbocycles. The first-order chi connectivity index (χ1) is 6.06. The summed E-state index contributed by atoms with van der Waals surface area (Å²) in [6, 6.07) is 2.83. The third kappa shape index (κ3) is 1.84. The highest BCUT2D eigenvalue weighted by molar-refractivity contribution is 5.88. The van der Waals surface area contributed by atoms with Gasteiger partial charge in [0.25, 0.3) is 0 Å². The van der Waals surface area contributed by atoms with E-state index >= 15 is 0 Å². The Morgan fingerprint density at radius 3 is 2.69 bits per heavy atom. The van der Waals surface area contributed by atoms with E-state index < -0.39 is 11.8 Å². The fourth-order valence-corrected chi connectivity index (χ4v) is 1.15. The SMILES string of the molecule is Cc1cc(CN)c(F)c(C(=O)O)c1. The number of benzene rings is 1. The third-order valence-corrected chi connectivity index (χ3v) is 1.74. The van der Waals surface area contributed by atoms with Gasteiger partial charge in [0.1, 0.15) is 5.82 Å². The first kappa shape index (κ1) is 9.67. The van der Waals surface area contributed by atoms with E-state index in [-0.39, 0.29) is 17.7 Å². The number of carbonyl (C=O) groups is 1. The smallest absolute Gasteiger partial charge is 0.338 e. The highest BCUT2D eigenvalue weighted by Crippen LogP contribution is 2.15. The maximum absolute atomic E-state index is 13.2. The molecule has 0 aromatic heterocycles. The van der Waals surface area contributed by atoms with Crippen LogP contribution < -0.4 is 5.73 Å². The van der Waals surface area contributed by atoms with E-state index in [0.29, 0.717) is 5.56 Å². The van der Waals surface area contributed by atoms with Crippen LogP contribution in [0, 0.1) is 12.7 Å². The zero-order valence-corrected chi connectivity index (χ0v) is 7.17. The minimum atomic E-state index is -1.27. The van der Waals surface area contributed by atoms with Gasteiger partial charge in [0.15, 0.2) is 0 Å². The molecule has 0 unspecified atom stereocenters. The molecule has 0 amide bonds. The highest BCUT2D eigenvalue weighted by atomic mass is 19.1. The zero-order valence-electron chi connectivity index (χ0n) is 7.17. The molecule has 0 atom stereocenters. The summed E-state index contributed by atoms with van der Waals surface area (Å²) in [5.41, 5.74) is 5.86.